The van der Waals surface area contributed by atoms with Gasteiger partial charge in [-0.25, -0.2) is 9.18 Å². The predicted octanol–water partition coefficient (Wildman–Crippen LogP) is 7.28. The minimum atomic E-state index is -0.649. The van der Waals surface area contributed by atoms with Crippen molar-refractivity contribution in [1.82, 2.24) is 0 Å². The molecule has 0 spiro atoms. The van der Waals surface area contributed by atoms with Gasteiger partial charge in [0.05, 0.1) is 45.2 Å². The molecule has 4 aromatic rings. The molecule has 0 aromatic heterocycles. The Bertz CT molecular complexity index is 1790. The number of esters is 1. The van der Waals surface area contributed by atoms with Gasteiger partial charge in [0.25, 0.3) is 0 Å². The number of halogens is 1. The van der Waals surface area contributed by atoms with Gasteiger partial charge in [-0.15, -0.1) is 0 Å². The van der Waals surface area contributed by atoms with Crippen molar-refractivity contribution in [2.24, 2.45) is 0 Å². The molecule has 0 amide bonds. The van der Waals surface area contributed by atoms with Gasteiger partial charge in [0.1, 0.15) is 30.3 Å². The molecule has 2 atom stereocenters. The van der Waals surface area contributed by atoms with Crippen LogP contribution in [0.2, 0.25) is 0 Å². The Kier molecular flexibility index (Phi) is 12.3. The number of benzene rings is 4. The molecule has 274 valence electrons. The molecule has 2 fully saturated rings. The Morgan fingerprint density at radius 1 is 0.673 bits per heavy atom. The van der Waals surface area contributed by atoms with Crippen LogP contribution in [0.1, 0.15) is 52.7 Å². The predicted molar refractivity (Wildman–Crippen MR) is 188 cm³/mol. The third-order valence-electron chi connectivity index (χ3n) is 8.81. The summed E-state index contributed by atoms with van der Waals surface area (Å²) in [7, 11) is 0. The van der Waals surface area contributed by atoms with Crippen LogP contribution in [-0.4, -0.2) is 71.0 Å². The van der Waals surface area contributed by atoms with Gasteiger partial charge in [-0.05, 0) is 115 Å². The summed E-state index contributed by atoms with van der Waals surface area (Å²) in [6.07, 6.45) is 4.59. The van der Waals surface area contributed by atoms with Crippen molar-refractivity contribution in [3.63, 3.8) is 0 Å². The summed E-state index contributed by atoms with van der Waals surface area (Å²) in [5, 5.41) is 0. The topological polar surface area (TPSA) is 107 Å². The smallest absolute Gasteiger partial charge is 0.343 e. The van der Waals surface area contributed by atoms with Crippen molar-refractivity contribution >= 4 is 5.97 Å². The van der Waals surface area contributed by atoms with E-state index in [0.717, 1.165) is 85.1 Å². The third-order valence-corrected chi connectivity index (χ3v) is 8.81. The van der Waals surface area contributed by atoms with E-state index in [1.165, 1.54) is 12.1 Å². The number of hydrogen-bond acceptors (Lipinski definition) is 10. The molecule has 2 aliphatic heterocycles. The zero-order valence-corrected chi connectivity index (χ0v) is 29.0. The summed E-state index contributed by atoms with van der Waals surface area (Å²) >= 11 is 0. The highest BCUT2D eigenvalue weighted by Gasteiger charge is 2.23. The lowest BCUT2D eigenvalue weighted by Crippen LogP contribution is -2.10. The lowest BCUT2D eigenvalue weighted by molar-refractivity contribution is -0.217. The maximum Gasteiger partial charge on any atom is 0.343 e. The first kappa shape index (κ1) is 35.9. The minimum absolute atomic E-state index is 0.0938. The zero-order valence-electron chi connectivity index (χ0n) is 29.0. The van der Waals surface area contributed by atoms with Crippen molar-refractivity contribution in [2.45, 2.75) is 50.9 Å². The molecule has 2 heterocycles. The van der Waals surface area contributed by atoms with E-state index in [4.69, 9.17) is 42.9 Å². The Morgan fingerprint density at radius 3 is 1.92 bits per heavy atom. The first-order valence-corrected chi connectivity index (χ1v) is 17.9. The van der Waals surface area contributed by atoms with E-state index in [-0.39, 0.29) is 24.0 Å². The molecule has 3 aliphatic rings. The number of carbonyl (C=O) groups excluding carboxylic acids is 1. The maximum atomic E-state index is 14.7. The van der Waals surface area contributed by atoms with Gasteiger partial charge in [0, 0.05) is 13.2 Å². The van der Waals surface area contributed by atoms with Gasteiger partial charge < -0.3 is 38.0 Å². The van der Waals surface area contributed by atoms with Crippen LogP contribution in [0.4, 0.5) is 4.39 Å². The van der Waals surface area contributed by atoms with Crippen LogP contribution in [0.3, 0.4) is 0 Å². The highest BCUT2D eigenvalue weighted by molar-refractivity contribution is 5.91. The summed E-state index contributed by atoms with van der Waals surface area (Å²) in [4.78, 5) is 24.0. The Labute approximate surface area is 302 Å². The van der Waals surface area contributed by atoms with Gasteiger partial charge in [-0.2, -0.15) is 4.89 Å². The lowest BCUT2D eigenvalue weighted by atomic mass is 10.1. The van der Waals surface area contributed by atoms with Crippen LogP contribution in [0.15, 0.2) is 78.9 Å². The number of ether oxygens (including phenoxy) is 7. The standard InChI is InChI=1S/C41H43FO10/c42-39-22-29(7-14-40(39)47-18-4-2-16-45-25-36-27-49-36)41(43)51-33-10-12-37-30(20-33)19-31-21-34(11-13-38(31)37)52-50-23-28-5-8-32(9-6-28)46-17-3-1-15-44-24-35-26-48-35/h5-14,20-22,35-36H,1-4,15-19,23-27H2. The summed E-state index contributed by atoms with van der Waals surface area (Å²) in [6, 6.07) is 23.2. The number of fused-ring (bicyclic) bond motifs is 3. The van der Waals surface area contributed by atoms with Crippen LogP contribution < -0.4 is 19.1 Å². The van der Waals surface area contributed by atoms with Crippen molar-refractivity contribution in [3.05, 3.63) is 107 Å². The fourth-order valence-electron chi connectivity index (χ4n) is 5.78. The molecule has 4 aromatic carbocycles. The van der Waals surface area contributed by atoms with Gasteiger partial charge in [-0.3, -0.25) is 0 Å². The van der Waals surface area contributed by atoms with E-state index in [0.29, 0.717) is 57.1 Å². The minimum Gasteiger partial charge on any atom is -0.494 e. The molecule has 7 rings (SSSR count). The van der Waals surface area contributed by atoms with Gasteiger partial charge >= 0.3 is 5.97 Å². The molecule has 11 heteroatoms. The quantitative estimate of drug-likeness (QED) is 0.0181. The summed E-state index contributed by atoms with van der Waals surface area (Å²) in [5.74, 6) is 0.615. The van der Waals surface area contributed by atoms with Crippen molar-refractivity contribution < 1.29 is 52.1 Å². The molecular formula is C41H43FO10. The average molecular weight is 715 g/mol. The molecule has 2 saturated heterocycles. The number of unbranched alkanes of at least 4 members (excludes halogenated alkanes) is 2. The Hall–Kier alpha value is -4.52. The normalized spacial score (nSPS) is 16.6. The van der Waals surface area contributed by atoms with Crippen LogP contribution in [0.25, 0.3) is 11.1 Å². The number of epoxide rings is 2. The SMILES string of the molecule is O=C(Oc1ccc2c(c1)Cc1cc(OOCc3ccc(OCCCCOCC4CO4)cc3)ccc1-2)c1ccc(OCCCCOCC2CO2)c(F)c1. The largest absolute Gasteiger partial charge is 0.494 e. The average Bonchev–Trinajstić information content (AvgIpc) is 4.10. The molecule has 52 heavy (non-hydrogen) atoms. The van der Waals surface area contributed by atoms with E-state index < -0.39 is 11.8 Å². The Balaban J connectivity index is 0.819. The van der Waals surface area contributed by atoms with E-state index in [9.17, 15) is 9.18 Å². The van der Waals surface area contributed by atoms with Gasteiger partial charge in [0.2, 0.25) is 0 Å². The van der Waals surface area contributed by atoms with Crippen LogP contribution >= 0.6 is 0 Å². The first-order valence-electron chi connectivity index (χ1n) is 17.9. The lowest BCUT2D eigenvalue weighted by Gasteiger charge is -2.10. The van der Waals surface area contributed by atoms with Crippen LogP contribution in [0, 0.1) is 5.82 Å². The number of rotatable bonds is 22. The molecular weight excluding hydrogens is 671 g/mol. The first-order chi connectivity index (χ1) is 25.6. The number of hydrogen-bond donors (Lipinski definition) is 0. The van der Waals surface area contributed by atoms with Crippen LogP contribution in [0.5, 0.6) is 23.0 Å². The van der Waals surface area contributed by atoms with Crippen molar-refractivity contribution in [1.29, 1.82) is 0 Å². The molecule has 0 bridgehead atoms. The Morgan fingerprint density at radius 2 is 1.27 bits per heavy atom. The molecule has 10 nitrogen and oxygen atoms in total. The van der Waals surface area contributed by atoms with E-state index in [1.807, 2.05) is 54.6 Å². The monoisotopic (exact) mass is 714 g/mol. The zero-order chi connectivity index (χ0) is 35.5. The summed E-state index contributed by atoms with van der Waals surface area (Å²) in [5.41, 5.74) is 5.27. The molecule has 1 aliphatic carbocycles. The summed E-state index contributed by atoms with van der Waals surface area (Å²) in [6.45, 7) is 5.49. The molecule has 0 N–H and O–H groups in total. The second-order valence-electron chi connectivity index (χ2n) is 13.0. The third kappa shape index (κ3) is 10.5. The molecule has 0 saturated carbocycles. The van der Waals surface area contributed by atoms with Crippen molar-refractivity contribution in [3.8, 4) is 34.1 Å². The maximum absolute atomic E-state index is 14.7. The molecule has 2 unspecified atom stereocenters. The number of carbonyl (C=O) groups is 1. The van der Waals surface area contributed by atoms with Crippen LogP contribution in [-0.2, 0) is 36.9 Å². The van der Waals surface area contributed by atoms with Crippen molar-refractivity contribution in [2.75, 3.05) is 52.9 Å². The second kappa shape index (κ2) is 17.8. The van der Waals surface area contributed by atoms with E-state index >= 15 is 0 Å². The fraction of sp³-hybridized carbons (Fsp3) is 0.390. The summed E-state index contributed by atoms with van der Waals surface area (Å²) < 4.78 is 53.0. The van der Waals surface area contributed by atoms with E-state index in [2.05, 4.69) is 0 Å². The second-order valence-corrected chi connectivity index (χ2v) is 13.0. The highest BCUT2D eigenvalue weighted by Crippen LogP contribution is 2.40. The van der Waals surface area contributed by atoms with Gasteiger partial charge in [0.15, 0.2) is 17.3 Å². The molecule has 0 radical (unpaired) electrons. The fourth-order valence-corrected chi connectivity index (χ4v) is 5.78. The van der Waals surface area contributed by atoms with E-state index in [1.54, 1.807) is 6.07 Å². The van der Waals surface area contributed by atoms with Gasteiger partial charge in [-0.1, -0.05) is 24.3 Å². The highest BCUT2D eigenvalue weighted by atomic mass is 19.1.